The summed E-state index contributed by atoms with van der Waals surface area (Å²) in [5, 5.41) is 3.11. The third-order valence-corrected chi connectivity index (χ3v) is 7.05. The average molecular weight is 480 g/mol. The van der Waals surface area contributed by atoms with Gasteiger partial charge in [-0.25, -0.2) is 4.98 Å². The maximum absolute atomic E-state index is 6.45. The van der Waals surface area contributed by atoms with Gasteiger partial charge in [0.15, 0.2) is 0 Å². The van der Waals surface area contributed by atoms with E-state index < -0.39 is 0 Å². The van der Waals surface area contributed by atoms with Gasteiger partial charge in [-0.1, -0.05) is 72.8 Å². The Morgan fingerprint density at radius 2 is 1.43 bits per heavy atom. The first kappa shape index (κ1) is 21.9. The number of aromatic nitrogens is 2. The van der Waals surface area contributed by atoms with E-state index in [4.69, 9.17) is 19.4 Å². The van der Waals surface area contributed by atoms with Crippen molar-refractivity contribution in [2.24, 2.45) is 0 Å². The maximum Gasteiger partial charge on any atom is 0.232 e. The van der Waals surface area contributed by atoms with Gasteiger partial charge in [0, 0.05) is 24.0 Å². The van der Waals surface area contributed by atoms with Crippen molar-refractivity contribution in [1.82, 2.24) is 14.9 Å². The summed E-state index contributed by atoms with van der Waals surface area (Å²) in [7, 11) is 0. The molecule has 0 bridgehead atoms. The zero-order valence-electron chi connectivity index (χ0n) is 19.3. The molecular weight excluding hydrogens is 454 g/mol. The lowest BCUT2D eigenvalue weighted by molar-refractivity contribution is 0.0330. The van der Waals surface area contributed by atoms with Crippen LogP contribution in [0.1, 0.15) is 5.82 Å². The fourth-order valence-electron chi connectivity index (χ4n) is 4.34. The minimum Gasteiger partial charge on any atom is -0.438 e. The van der Waals surface area contributed by atoms with Crippen molar-refractivity contribution in [3.8, 4) is 33.9 Å². The van der Waals surface area contributed by atoms with Crippen molar-refractivity contribution in [3.05, 3.63) is 96.1 Å². The van der Waals surface area contributed by atoms with Crippen molar-refractivity contribution in [1.29, 1.82) is 0 Å². The predicted octanol–water partition coefficient (Wildman–Crippen LogP) is 6.65. The van der Waals surface area contributed by atoms with Gasteiger partial charge < -0.3 is 9.47 Å². The monoisotopic (exact) mass is 479 g/mol. The molecule has 35 heavy (non-hydrogen) atoms. The van der Waals surface area contributed by atoms with Crippen LogP contribution < -0.4 is 4.74 Å². The van der Waals surface area contributed by atoms with E-state index in [1.54, 1.807) is 11.3 Å². The van der Waals surface area contributed by atoms with Gasteiger partial charge >= 0.3 is 0 Å². The lowest BCUT2D eigenvalue weighted by Crippen LogP contribution is -2.36. The number of nitrogens with zero attached hydrogens (tertiary/aromatic N) is 3. The molecule has 1 fully saturated rings. The molecule has 0 N–H and O–H groups in total. The van der Waals surface area contributed by atoms with Gasteiger partial charge in [-0.05, 0) is 28.8 Å². The molecule has 0 unspecified atom stereocenters. The van der Waals surface area contributed by atoms with Crippen LogP contribution in [-0.2, 0) is 11.3 Å². The minimum atomic E-state index is 0.603. The molecular formula is C29H25N3O2S. The highest BCUT2D eigenvalue weighted by Gasteiger charge is 2.19. The zero-order valence-corrected chi connectivity index (χ0v) is 20.1. The highest BCUT2D eigenvalue weighted by Crippen LogP contribution is 2.39. The molecule has 1 aliphatic rings. The summed E-state index contributed by atoms with van der Waals surface area (Å²) in [6.45, 7) is 3.95. The fraction of sp³-hybridized carbons (Fsp3) is 0.172. The molecule has 0 aliphatic carbocycles. The van der Waals surface area contributed by atoms with E-state index >= 15 is 0 Å². The second-order valence-electron chi connectivity index (χ2n) is 8.52. The Bertz CT molecular complexity index is 1410. The highest BCUT2D eigenvalue weighted by atomic mass is 32.1. The van der Waals surface area contributed by atoms with E-state index in [1.807, 2.05) is 24.3 Å². The molecule has 0 saturated carbocycles. The molecule has 0 spiro atoms. The van der Waals surface area contributed by atoms with E-state index in [0.717, 1.165) is 64.8 Å². The lowest BCUT2D eigenvalue weighted by atomic mass is 10.1. The van der Waals surface area contributed by atoms with Crippen LogP contribution in [0, 0.1) is 0 Å². The molecule has 0 atom stereocenters. The normalized spacial score (nSPS) is 14.3. The van der Waals surface area contributed by atoms with Gasteiger partial charge in [0.25, 0.3) is 0 Å². The number of ether oxygens (including phenoxy) is 2. The summed E-state index contributed by atoms with van der Waals surface area (Å²) in [4.78, 5) is 13.1. The molecule has 0 radical (unpaired) electrons. The zero-order chi connectivity index (χ0) is 23.5. The van der Waals surface area contributed by atoms with E-state index in [2.05, 4.69) is 70.9 Å². The second-order valence-corrected chi connectivity index (χ2v) is 9.38. The molecule has 3 aromatic carbocycles. The Labute approximate surface area is 208 Å². The van der Waals surface area contributed by atoms with Gasteiger partial charge in [0.05, 0.1) is 25.1 Å². The Morgan fingerprint density at radius 3 is 2.14 bits per heavy atom. The van der Waals surface area contributed by atoms with E-state index in [1.165, 1.54) is 5.56 Å². The summed E-state index contributed by atoms with van der Waals surface area (Å²) >= 11 is 1.64. The number of fused-ring (bicyclic) bond motifs is 1. The van der Waals surface area contributed by atoms with E-state index in [0.29, 0.717) is 12.4 Å². The number of morpholine rings is 1. The molecule has 3 heterocycles. The fourth-order valence-corrected chi connectivity index (χ4v) is 5.30. The SMILES string of the molecule is c1ccc(-c2ccc(Oc3nc(CN4CCOCC4)nc4scc(-c5ccccc5)c34)cc2)cc1. The Balaban J connectivity index is 1.37. The number of hydrogen-bond acceptors (Lipinski definition) is 6. The van der Waals surface area contributed by atoms with Crippen LogP contribution in [-0.4, -0.2) is 41.2 Å². The standard InChI is InChI=1S/C29H25N3O2S/c1-3-7-21(8-4-1)22-11-13-24(14-12-22)34-28-27-25(23-9-5-2-6-10-23)20-35-29(27)31-26(30-28)19-32-15-17-33-18-16-32/h1-14,20H,15-19H2. The average Bonchev–Trinajstić information content (AvgIpc) is 3.35. The van der Waals surface area contributed by atoms with Crippen molar-refractivity contribution in [2.45, 2.75) is 6.54 Å². The second kappa shape index (κ2) is 9.96. The quantitative estimate of drug-likeness (QED) is 0.273. The molecule has 1 saturated heterocycles. The number of hydrogen-bond donors (Lipinski definition) is 0. The molecule has 6 heteroatoms. The van der Waals surface area contributed by atoms with Crippen molar-refractivity contribution < 1.29 is 9.47 Å². The molecule has 5 aromatic rings. The van der Waals surface area contributed by atoms with Crippen LogP contribution in [0.15, 0.2) is 90.3 Å². The summed E-state index contributed by atoms with van der Waals surface area (Å²) in [5.41, 5.74) is 4.56. The molecule has 174 valence electrons. The Kier molecular flexibility index (Phi) is 6.24. The summed E-state index contributed by atoms with van der Waals surface area (Å²) in [6.07, 6.45) is 0. The van der Waals surface area contributed by atoms with E-state index in [-0.39, 0.29) is 0 Å². The third-order valence-electron chi connectivity index (χ3n) is 6.18. The molecule has 1 aliphatic heterocycles. The van der Waals surface area contributed by atoms with E-state index in [9.17, 15) is 0 Å². The largest absolute Gasteiger partial charge is 0.438 e. The van der Waals surface area contributed by atoms with Crippen LogP contribution in [0.5, 0.6) is 11.6 Å². The minimum absolute atomic E-state index is 0.603. The summed E-state index contributed by atoms with van der Waals surface area (Å²) < 4.78 is 11.9. The van der Waals surface area contributed by atoms with Gasteiger partial charge in [0.2, 0.25) is 5.88 Å². The smallest absolute Gasteiger partial charge is 0.232 e. The van der Waals surface area contributed by atoms with Crippen molar-refractivity contribution in [2.75, 3.05) is 26.3 Å². The van der Waals surface area contributed by atoms with Gasteiger partial charge in [-0.2, -0.15) is 4.98 Å². The van der Waals surface area contributed by atoms with Crippen molar-refractivity contribution >= 4 is 21.6 Å². The van der Waals surface area contributed by atoms with Gasteiger partial charge in [0.1, 0.15) is 16.4 Å². The summed E-state index contributed by atoms with van der Waals surface area (Å²) in [5.74, 6) is 2.13. The maximum atomic E-state index is 6.45. The van der Waals surface area contributed by atoms with Crippen LogP contribution in [0.3, 0.4) is 0 Å². The first-order chi connectivity index (χ1) is 17.3. The molecule has 2 aromatic heterocycles. The first-order valence-electron chi connectivity index (χ1n) is 11.8. The Hall–Kier alpha value is -3.58. The Morgan fingerprint density at radius 1 is 0.771 bits per heavy atom. The van der Waals surface area contributed by atoms with Crippen molar-refractivity contribution in [3.63, 3.8) is 0 Å². The van der Waals surface area contributed by atoms with Crippen LogP contribution in [0.4, 0.5) is 0 Å². The molecule has 6 rings (SSSR count). The van der Waals surface area contributed by atoms with Gasteiger partial charge in [-0.15, -0.1) is 11.3 Å². The van der Waals surface area contributed by atoms with Crippen LogP contribution in [0.25, 0.3) is 32.5 Å². The number of benzene rings is 3. The topological polar surface area (TPSA) is 47.5 Å². The third kappa shape index (κ3) is 4.82. The van der Waals surface area contributed by atoms with Gasteiger partial charge in [-0.3, -0.25) is 4.90 Å². The number of thiophene rings is 1. The molecule has 5 nitrogen and oxygen atoms in total. The predicted molar refractivity (Wildman–Crippen MR) is 141 cm³/mol. The first-order valence-corrected chi connectivity index (χ1v) is 12.7. The molecule has 0 amide bonds. The lowest BCUT2D eigenvalue weighted by Gasteiger charge is -2.25. The van der Waals surface area contributed by atoms with Crippen LogP contribution in [0.2, 0.25) is 0 Å². The van der Waals surface area contributed by atoms with Crippen LogP contribution >= 0.6 is 11.3 Å². The highest BCUT2D eigenvalue weighted by molar-refractivity contribution is 7.17. The number of rotatable bonds is 6. The summed E-state index contributed by atoms with van der Waals surface area (Å²) in [6, 6.07) is 28.9.